The fraction of sp³-hybridized carbons (Fsp3) is 0.300. The molecule has 0 aliphatic heterocycles. The van der Waals surface area contributed by atoms with Gasteiger partial charge in [-0.05, 0) is 49.7 Å². The van der Waals surface area contributed by atoms with Gasteiger partial charge in [-0.2, -0.15) is 5.10 Å². The van der Waals surface area contributed by atoms with Crippen LogP contribution >= 0.6 is 0 Å². The van der Waals surface area contributed by atoms with E-state index in [4.69, 9.17) is 19.9 Å². The molecule has 2 aromatic carbocycles. The van der Waals surface area contributed by atoms with Crippen LogP contribution in [0.3, 0.4) is 0 Å². The van der Waals surface area contributed by atoms with Crippen LogP contribution in [-0.4, -0.2) is 35.5 Å². The second-order valence-corrected chi connectivity index (χ2v) is 5.82. The van der Waals surface area contributed by atoms with Crippen LogP contribution < -0.4 is 19.9 Å². The average Bonchev–Trinajstić information content (AvgIpc) is 3.19. The zero-order chi connectivity index (χ0) is 19.2. The maximum Gasteiger partial charge on any atom is 0.181 e. The van der Waals surface area contributed by atoms with Gasteiger partial charge in [-0.15, -0.1) is 0 Å². The lowest BCUT2D eigenvalue weighted by Crippen LogP contribution is -2.13. The molecule has 7 nitrogen and oxygen atoms in total. The predicted octanol–water partition coefficient (Wildman–Crippen LogP) is 3.33. The Labute approximate surface area is 158 Å². The summed E-state index contributed by atoms with van der Waals surface area (Å²) >= 11 is 0. The Bertz CT molecular complexity index is 877. The Morgan fingerprint density at radius 3 is 2.37 bits per heavy atom. The highest BCUT2D eigenvalue weighted by atomic mass is 16.5. The van der Waals surface area contributed by atoms with Gasteiger partial charge in [-0.25, -0.2) is 4.98 Å². The molecule has 1 atom stereocenters. The molecule has 7 heteroatoms. The van der Waals surface area contributed by atoms with Crippen molar-refractivity contribution in [1.82, 2.24) is 15.2 Å². The summed E-state index contributed by atoms with van der Waals surface area (Å²) in [6, 6.07) is 12.8. The van der Waals surface area contributed by atoms with E-state index in [-0.39, 0.29) is 0 Å². The number of hydrogen-bond acceptors (Lipinski definition) is 6. The van der Waals surface area contributed by atoms with Crippen LogP contribution in [0.5, 0.6) is 17.2 Å². The highest BCUT2D eigenvalue weighted by Gasteiger charge is 2.16. The van der Waals surface area contributed by atoms with E-state index in [1.807, 2.05) is 56.3 Å². The molecule has 1 heterocycles. The molecule has 0 unspecified atom stereocenters. The molecule has 0 fully saturated rings. The van der Waals surface area contributed by atoms with E-state index in [1.165, 1.54) is 0 Å². The Morgan fingerprint density at radius 2 is 1.70 bits per heavy atom. The van der Waals surface area contributed by atoms with Gasteiger partial charge < -0.3 is 19.9 Å². The summed E-state index contributed by atoms with van der Waals surface area (Å²) in [7, 11) is 1.63. The number of aromatic amines is 1. The van der Waals surface area contributed by atoms with Crippen LogP contribution in [0.2, 0.25) is 0 Å². The van der Waals surface area contributed by atoms with Crippen molar-refractivity contribution in [2.45, 2.75) is 19.9 Å². The molecule has 0 aliphatic rings. The fourth-order valence-electron chi connectivity index (χ4n) is 2.70. The van der Waals surface area contributed by atoms with Gasteiger partial charge in [0.2, 0.25) is 0 Å². The number of nitrogens with two attached hydrogens (primary N) is 1. The highest BCUT2D eigenvalue weighted by molar-refractivity contribution is 5.61. The minimum atomic E-state index is -0.411. The smallest absolute Gasteiger partial charge is 0.181 e. The molecule has 1 aromatic heterocycles. The fourth-order valence-corrected chi connectivity index (χ4v) is 2.70. The molecule has 0 spiro atoms. The number of benzene rings is 2. The second kappa shape index (κ2) is 8.55. The second-order valence-electron chi connectivity index (χ2n) is 5.82. The van der Waals surface area contributed by atoms with Gasteiger partial charge in [0.15, 0.2) is 17.3 Å². The highest BCUT2D eigenvalue weighted by Crippen LogP contribution is 2.32. The molecule has 0 saturated heterocycles. The van der Waals surface area contributed by atoms with E-state index in [0.717, 1.165) is 16.9 Å². The number of aromatic nitrogens is 3. The molecule has 27 heavy (non-hydrogen) atoms. The van der Waals surface area contributed by atoms with Crippen molar-refractivity contribution in [3.63, 3.8) is 0 Å². The Morgan fingerprint density at radius 1 is 1.00 bits per heavy atom. The van der Waals surface area contributed by atoms with E-state index in [0.29, 0.717) is 36.4 Å². The van der Waals surface area contributed by atoms with Crippen molar-refractivity contribution in [1.29, 1.82) is 0 Å². The Hall–Kier alpha value is -3.06. The summed E-state index contributed by atoms with van der Waals surface area (Å²) in [5.74, 6) is 3.29. The van der Waals surface area contributed by atoms with E-state index in [2.05, 4.69) is 15.2 Å². The maximum absolute atomic E-state index is 6.32. The molecular weight excluding hydrogens is 344 g/mol. The molecule has 0 amide bonds. The summed E-state index contributed by atoms with van der Waals surface area (Å²) in [4.78, 5) is 4.56. The minimum absolute atomic E-state index is 0.411. The lowest BCUT2D eigenvalue weighted by molar-refractivity contribution is 0.288. The molecule has 0 bridgehead atoms. The normalized spacial score (nSPS) is 11.9. The third kappa shape index (κ3) is 4.20. The Kier molecular flexibility index (Phi) is 5.93. The van der Waals surface area contributed by atoms with Gasteiger partial charge in [0.05, 0.1) is 26.4 Å². The van der Waals surface area contributed by atoms with Crippen molar-refractivity contribution >= 4 is 0 Å². The van der Waals surface area contributed by atoms with Crippen LogP contribution in [0.1, 0.15) is 31.3 Å². The maximum atomic E-state index is 6.32. The van der Waals surface area contributed by atoms with Crippen LogP contribution in [0.15, 0.2) is 42.5 Å². The zero-order valence-corrected chi connectivity index (χ0v) is 15.7. The van der Waals surface area contributed by atoms with Crippen molar-refractivity contribution in [3.05, 3.63) is 53.9 Å². The standard InChI is InChI=1S/C20H24N4O3/c1-4-26-16-11-8-14(12-17(16)27-5-2)19-22-20(24-23-19)18(21)13-6-9-15(25-3)10-7-13/h6-12,18H,4-5,21H2,1-3H3,(H,22,23,24)/t18-/m1/s1. The first-order valence-electron chi connectivity index (χ1n) is 8.88. The van der Waals surface area contributed by atoms with Crippen molar-refractivity contribution in [2.75, 3.05) is 20.3 Å². The first-order valence-corrected chi connectivity index (χ1v) is 8.88. The van der Waals surface area contributed by atoms with Crippen molar-refractivity contribution in [3.8, 4) is 28.6 Å². The summed E-state index contributed by atoms with van der Waals surface area (Å²) in [5.41, 5.74) is 8.06. The lowest BCUT2D eigenvalue weighted by atomic mass is 10.1. The molecule has 0 radical (unpaired) electrons. The molecule has 0 aliphatic carbocycles. The van der Waals surface area contributed by atoms with Crippen molar-refractivity contribution < 1.29 is 14.2 Å². The summed E-state index contributed by atoms with van der Waals surface area (Å²) in [5, 5.41) is 7.24. The lowest BCUT2D eigenvalue weighted by Gasteiger charge is -2.11. The monoisotopic (exact) mass is 368 g/mol. The number of nitrogens with zero attached hydrogens (tertiary/aromatic N) is 2. The number of ether oxygens (including phenoxy) is 3. The number of H-pyrrole nitrogens is 1. The predicted molar refractivity (Wildman–Crippen MR) is 103 cm³/mol. The molecule has 3 rings (SSSR count). The SMILES string of the molecule is CCOc1ccc(-c2n[nH]c([C@H](N)c3ccc(OC)cc3)n2)cc1OCC. The molecule has 3 N–H and O–H groups in total. The van der Waals surface area contributed by atoms with E-state index < -0.39 is 6.04 Å². The first-order chi connectivity index (χ1) is 13.2. The average molecular weight is 368 g/mol. The summed E-state index contributed by atoms with van der Waals surface area (Å²) < 4.78 is 16.4. The van der Waals surface area contributed by atoms with E-state index in [9.17, 15) is 0 Å². The van der Waals surface area contributed by atoms with Gasteiger partial charge in [0.1, 0.15) is 11.6 Å². The summed E-state index contributed by atoms with van der Waals surface area (Å²) in [6.45, 7) is 4.99. The molecular formula is C20H24N4O3. The Balaban J connectivity index is 1.85. The quantitative estimate of drug-likeness (QED) is 0.633. The number of hydrogen-bond donors (Lipinski definition) is 2. The van der Waals surface area contributed by atoms with Crippen LogP contribution in [0.4, 0.5) is 0 Å². The third-order valence-corrected chi connectivity index (χ3v) is 4.07. The summed E-state index contributed by atoms with van der Waals surface area (Å²) in [6.07, 6.45) is 0. The van der Waals surface area contributed by atoms with E-state index in [1.54, 1.807) is 7.11 Å². The van der Waals surface area contributed by atoms with Crippen LogP contribution in [0.25, 0.3) is 11.4 Å². The van der Waals surface area contributed by atoms with Gasteiger partial charge in [-0.1, -0.05) is 12.1 Å². The molecule has 3 aromatic rings. The number of methoxy groups -OCH3 is 1. The molecule has 142 valence electrons. The van der Waals surface area contributed by atoms with E-state index >= 15 is 0 Å². The first kappa shape index (κ1) is 18.7. The topological polar surface area (TPSA) is 95.3 Å². The van der Waals surface area contributed by atoms with Gasteiger partial charge >= 0.3 is 0 Å². The zero-order valence-electron chi connectivity index (χ0n) is 15.7. The largest absolute Gasteiger partial charge is 0.497 e. The number of rotatable bonds is 8. The third-order valence-electron chi connectivity index (χ3n) is 4.07. The van der Waals surface area contributed by atoms with Gasteiger partial charge in [-0.3, -0.25) is 5.10 Å². The van der Waals surface area contributed by atoms with Crippen LogP contribution in [0, 0.1) is 0 Å². The minimum Gasteiger partial charge on any atom is -0.497 e. The van der Waals surface area contributed by atoms with Gasteiger partial charge in [0, 0.05) is 5.56 Å². The number of nitrogens with one attached hydrogen (secondary N) is 1. The van der Waals surface area contributed by atoms with Crippen LogP contribution in [-0.2, 0) is 0 Å². The van der Waals surface area contributed by atoms with Crippen molar-refractivity contribution in [2.24, 2.45) is 5.73 Å². The molecule has 0 saturated carbocycles. The van der Waals surface area contributed by atoms with Gasteiger partial charge in [0.25, 0.3) is 0 Å².